The maximum Gasteiger partial charge on any atom is 0.270 e. The number of nitro benzene ring substituents is 1. The quantitative estimate of drug-likeness (QED) is 0.684. The van der Waals surface area contributed by atoms with Crippen LogP contribution >= 0.6 is 27.3 Å². The van der Waals surface area contributed by atoms with Gasteiger partial charge in [-0.2, -0.15) is 0 Å². The molecule has 0 radical (unpaired) electrons. The Morgan fingerprint density at radius 1 is 1.53 bits per heavy atom. The number of carbonyl (C=O) groups is 1. The summed E-state index contributed by atoms with van der Waals surface area (Å²) in [6, 6.07) is 4.05. The van der Waals surface area contributed by atoms with E-state index in [-0.39, 0.29) is 17.2 Å². The van der Waals surface area contributed by atoms with Crippen LogP contribution in [0.15, 0.2) is 34.2 Å². The van der Waals surface area contributed by atoms with E-state index < -0.39 is 4.92 Å². The number of aromatic nitrogens is 1. The van der Waals surface area contributed by atoms with Crippen LogP contribution in [0, 0.1) is 10.1 Å². The number of thiazole rings is 1. The fourth-order valence-electron chi connectivity index (χ4n) is 1.39. The van der Waals surface area contributed by atoms with Crippen LogP contribution in [-0.2, 0) is 6.54 Å². The van der Waals surface area contributed by atoms with E-state index in [9.17, 15) is 14.9 Å². The van der Waals surface area contributed by atoms with E-state index in [1.807, 2.05) is 5.38 Å². The maximum atomic E-state index is 11.9. The summed E-state index contributed by atoms with van der Waals surface area (Å²) in [5.74, 6) is -0.384. The molecule has 0 saturated carbocycles. The Kier molecular flexibility index (Phi) is 4.23. The highest BCUT2D eigenvalue weighted by molar-refractivity contribution is 9.10. The first kappa shape index (κ1) is 13.6. The van der Waals surface area contributed by atoms with Gasteiger partial charge in [-0.15, -0.1) is 11.3 Å². The van der Waals surface area contributed by atoms with Gasteiger partial charge in [0.15, 0.2) is 0 Å². The van der Waals surface area contributed by atoms with Crippen LogP contribution < -0.4 is 5.32 Å². The summed E-state index contributed by atoms with van der Waals surface area (Å²) in [5.41, 5.74) is 0.105. The molecule has 0 saturated heterocycles. The van der Waals surface area contributed by atoms with E-state index in [4.69, 9.17) is 0 Å². The lowest BCUT2D eigenvalue weighted by Gasteiger charge is -2.05. The van der Waals surface area contributed by atoms with Crippen LogP contribution in [0.2, 0.25) is 0 Å². The normalized spacial score (nSPS) is 10.2. The first-order chi connectivity index (χ1) is 9.08. The van der Waals surface area contributed by atoms with Crippen molar-refractivity contribution in [2.75, 3.05) is 0 Å². The van der Waals surface area contributed by atoms with Crippen molar-refractivity contribution in [1.82, 2.24) is 10.3 Å². The van der Waals surface area contributed by atoms with Gasteiger partial charge >= 0.3 is 0 Å². The number of nitrogens with zero attached hydrogens (tertiary/aromatic N) is 2. The van der Waals surface area contributed by atoms with Crippen molar-refractivity contribution >= 4 is 38.9 Å². The van der Waals surface area contributed by atoms with E-state index in [0.29, 0.717) is 11.0 Å². The summed E-state index contributed by atoms with van der Waals surface area (Å²) in [4.78, 5) is 26.1. The number of hydrogen-bond donors (Lipinski definition) is 1. The Morgan fingerprint density at radius 2 is 2.32 bits per heavy atom. The van der Waals surface area contributed by atoms with Gasteiger partial charge < -0.3 is 5.32 Å². The number of benzene rings is 1. The van der Waals surface area contributed by atoms with Crippen LogP contribution in [0.25, 0.3) is 0 Å². The highest BCUT2D eigenvalue weighted by Gasteiger charge is 2.15. The standard InChI is InChI=1S/C11H8BrN3O3S/c12-9-2-1-7(15(17)18)5-8(9)11(16)14-6-10-13-3-4-19-10/h1-5H,6H2,(H,14,16). The summed E-state index contributed by atoms with van der Waals surface area (Å²) in [6.45, 7) is 0.297. The average Bonchev–Trinajstić information content (AvgIpc) is 2.89. The first-order valence-corrected chi connectivity index (χ1v) is 6.85. The van der Waals surface area contributed by atoms with Crippen LogP contribution in [0.3, 0.4) is 0 Å². The van der Waals surface area contributed by atoms with E-state index in [1.54, 1.807) is 6.20 Å². The number of nitro groups is 1. The van der Waals surface area contributed by atoms with Crippen molar-refractivity contribution in [3.05, 3.63) is 54.9 Å². The highest BCUT2D eigenvalue weighted by Crippen LogP contribution is 2.22. The number of halogens is 1. The largest absolute Gasteiger partial charge is 0.345 e. The Hall–Kier alpha value is -1.80. The molecule has 1 N–H and O–H groups in total. The van der Waals surface area contributed by atoms with Crippen molar-refractivity contribution in [3.8, 4) is 0 Å². The third kappa shape index (κ3) is 3.36. The topological polar surface area (TPSA) is 85.1 Å². The molecule has 0 aliphatic carbocycles. The lowest BCUT2D eigenvalue weighted by Crippen LogP contribution is -2.23. The number of carbonyl (C=O) groups excluding carboxylic acids is 1. The molecule has 1 aromatic carbocycles. The molecule has 0 spiro atoms. The predicted molar refractivity (Wildman–Crippen MR) is 74.1 cm³/mol. The van der Waals surface area contributed by atoms with Gasteiger partial charge in [0.2, 0.25) is 0 Å². The first-order valence-electron chi connectivity index (χ1n) is 5.18. The minimum absolute atomic E-state index is 0.123. The monoisotopic (exact) mass is 341 g/mol. The lowest BCUT2D eigenvalue weighted by molar-refractivity contribution is -0.384. The summed E-state index contributed by atoms with van der Waals surface area (Å²) in [6.07, 6.45) is 1.65. The molecule has 0 atom stereocenters. The van der Waals surface area contributed by atoms with Crippen molar-refractivity contribution in [3.63, 3.8) is 0 Å². The molecule has 1 aromatic heterocycles. The molecule has 98 valence electrons. The van der Waals surface area contributed by atoms with E-state index in [0.717, 1.165) is 5.01 Å². The third-order valence-corrected chi connectivity index (χ3v) is 3.76. The molecule has 0 unspecified atom stereocenters. The van der Waals surface area contributed by atoms with E-state index in [1.165, 1.54) is 29.5 Å². The Labute approximate surface area is 120 Å². The van der Waals surface area contributed by atoms with Gasteiger partial charge in [0.05, 0.1) is 17.0 Å². The second kappa shape index (κ2) is 5.89. The SMILES string of the molecule is O=C(NCc1nccs1)c1cc([N+](=O)[O-])ccc1Br. The molecule has 8 heteroatoms. The van der Waals surface area contributed by atoms with Crippen molar-refractivity contribution < 1.29 is 9.72 Å². The number of amides is 1. The Balaban J connectivity index is 2.14. The molecule has 19 heavy (non-hydrogen) atoms. The fourth-order valence-corrected chi connectivity index (χ4v) is 2.37. The average molecular weight is 342 g/mol. The molecule has 0 aliphatic heterocycles. The summed E-state index contributed by atoms with van der Waals surface area (Å²) >= 11 is 4.63. The molecule has 1 amide bonds. The number of hydrogen-bond acceptors (Lipinski definition) is 5. The summed E-state index contributed by atoms with van der Waals surface area (Å²) < 4.78 is 0.509. The molecule has 6 nitrogen and oxygen atoms in total. The van der Waals surface area contributed by atoms with Crippen LogP contribution in [0.5, 0.6) is 0 Å². The number of non-ortho nitro benzene ring substituents is 1. The molecular formula is C11H8BrN3O3S. The second-order valence-electron chi connectivity index (χ2n) is 3.53. The van der Waals surface area contributed by atoms with Crippen molar-refractivity contribution in [1.29, 1.82) is 0 Å². The van der Waals surface area contributed by atoms with E-state index in [2.05, 4.69) is 26.2 Å². The molecule has 1 heterocycles. The molecule has 0 fully saturated rings. The minimum atomic E-state index is -0.538. The second-order valence-corrected chi connectivity index (χ2v) is 5.36. The van der Waals surface area contributed by atoms with Crippen LogP contribution in [0.4, 0.5) is 5.69 Å². The lowest BCUT2D eigenvalue weighted by atomic mass is 10.2. The van der Waals surface area contributed by atoms with Crippen LogP contribution in [-0.4, -0.2) is 15.8 Å². The van der Waals surface area contributed by atoms with Crippen LogP contribution in [0.1, 0.15) is 15.4 Å². The predicted octanol–water partition coefficient (Wildman–Crippen LogP) is 2.74. The Bertz CT molecular complexity index is 616. The van der Waals surface area contributed by atoms with Gasteiger partial charge in [-0.1, -0.05) is 0 Å². The Morgan fingerprint density at radius 3 is 2.95 bits per heavy atom. The van der Waals surface area contributed by atoms with Gasteiger partial charge in [0.1, 0.15) is 5.01 Å². The summed E-state index contributed by atoms with van der Waals surface area (Å²) in [7, 11) is 0. The van der Waals surface area contributed by atoms with Gasteiger partial charge in [-0.25, -0.2) is 4.98 Å². The fraction of sp³-hybridized carbons (Fsp3) is 0.0909. The molecular weight excluding hydrogens is 334 g/mol. The van der Waals surface area contributed by atoms with Gasteiger partial charge in [-0.3, -0.25) is 14.9 Å². The maximum absolute atomic E-state index is 11.9. The van der Waals surface area contributed by atoms with Crippen molar-refractivity contribution in [2.24, 2.45) is 0 Å². The molecule has 2 aromatic rings. The zero-order valence-corrected chi connectivity index (χ0v) is 11.9. The van der Waals surface area contributed by atoms with Gasteiger partial charge in [0, 0.05) is 28.2 Å². The summed E-state index contributed by atoms with van der Waals surface area (Å²) in [5, 5.41) is 15.9. The zero-order chi connectivity index (χ0) is 13.8. The van der Waals surface area contributed by atoms with Crippen molar-refractivity contribution in [2.45, 2.75) is 6.54 Å². The number of rotatable bonds is 4. The van der Waals surface area contributed by atoms with Gasteiger partial charge in [-0.05, 0) is 22.0 Å². The van der Waals surface area contributed by atoms with Gasteiger partial charge in [0.25, 0.3) is 11.6 Å². The minimum Gasteiger partial charge on any atom is -0.345 e. The molecule has 0 bridgehead atoms. The number of nitrogens with one attached hydrogen (secondary N) is 1. The molecule has 0 aliphatic rings. The third-order valence-electron chi connectivity index (χ3n) is 2.29. The highest BCUT2D eigenvalue weighted by atomic mass is 79.9. The van der Waals surface area contributed by atoms with E-state index >= 15 is 0 Å². The smallest absolute Gasteiger partial charge is 0.270 e. The zero-order valence-electron chi connectivity index (χ0n) is 9.50. The molecule has 2 rings (SSSR count).